The van der Waals surface area contributed by atoms with Gasteiger partial charge in [0.2, 0.25) is 5.91 Å². The molecule has 0 spiro atoms. The van der Waals surface area contributed by atoms with Gasteiger partial charge in [0.25, 0.3) is 0 Å². The molecule has 25 heavy (non-hydrogen) atoms. The minimum absolute atomic E-state index is 0.0977. The summed E-state index contributed by atoms with van der Waals surface area (Å²) in [4.78, 5) is 19.4. The first-order chi connectivity index (χ1) is 12.1. The Morgan fingerprint density at radius 2 is 2.16 bits per heavy atom. The molecule has 0 saturated carbocycles. The Morgan fingerprint density at radius 3 is 2.96 bits per heavy atom. The molecule has 6 heteroatoms. The second-order valence-electron chi connectivity index (χ2n) is 6.77. The first-order valence-corrected chi connectivity index (χ1v) is 8.83. The maximum atomic E-state index is 12.8. The van der Waals surface area contributed by atoms with Gasteiger partial charge in [0.1, 0.15) is 5.82 Å². The summed E-state index contributed by atoms with van der Waals surface area (Å²) in [6.45, 7) is 3.41. The summed E-state index contributed by atoms with van der Waals surface area (Å²) in [6.07, 6.45) is 6.36. The third kappa shape index (κ3) is 2.92. The number of rotatable bonds is 4. The minimum Gasteiger partial charge on any atom is -0.336 e. The predicted octanol–water partition coefficient (Wildman–Crippen LogP) is 2.83. The highest BCUT2D eigenvalue weighted by Gasteiger charge is 2.32. The summed E-state index contributed by atoms with van der Waals surface area (Å²) in [7, 11) is 2.01. The SMILES string of the molecule is Cc1cn(C)c([C@@H]2CCCN2C(=O)CCn2ncc3ccccc32)n1. The predicted molar refractivity (Wildman–Crippen MR) is 96.0 cm³/mol. The Balaban J connectivity index is 1.48. The number of likely N-dealkylation sites (tertiary alicyclic amines) is 1. The molecule has 0 bridgehead atoms. The normalized spacial score (nSPS) is 17.5. The molecule has 6 nitrogen and oxygen atoms in total. The summed E-state index contributed by atoms with van der Waals surface area (Å²) in [5, 5.41) is 5.53. The molecule has 4 rings (SSSR count). The lowest BCUT2D eigenvalue weighted by Crippen LogP contribution is -2.32. The summed E-state index contributed by atoms with van der Waals surface area (Å²) in [6, 6.07) is 8.19. The Labute approximate surface area is 147 Å². The molecule has 0 N–H and O–H groups in total. The highest BCUT2D eigenvalue weighted by atomic mass is 16.2. The van der Waals surface area contributed by atoms with Gasteiger partial charge in [-0.05, 0) is 25.8 Å². The van der Waals surface area contributed by atoms with Gasteiger partial charge in [0.05, 0.1) is 30.0 Å². The smallest absolute Gasteiger partial charge is 0.225 e. The number of hydrogen-bond acceptors (Lipinski definition) is 3. The second-order valence-corrected chi connectivity index (χ2v) is 6.77. The fourth-order valence-corrected chi connectivity index (χ4v) is 3.83. The van der Waals surface area contributed by atoms with Crippen LogP contribution in [0.5, 0.6) is 0 Å². The minimum atomic E-state index is 0.0977. The van der Waals surface area contributed by atoms with Crippen molar-refractivity contribution >= 4 is 16.8 Å². The van der Waals surface area contributed by atoms with Crippen LogP contribution in [0.25, 0.3) is 10.9 Å². The van der Waals surface area contributed by atoms with Crippen molar-refractivity contribution in [3.63, 3.8) is 0 Å². The van der Waals surface area contributed by atoms with Crippen molar-refractivity contribution in [2.75, 3.05) is 6.54 Å². The van der Waals surface area contributed by atoms with Gasteiger partial charge in [0, 0.05) is 31.6 Å². The number of hydrogen-bond donors (Lipinski definition) is 0. The van der Waals surface area contributed by atoms with Crippen molar-refractivity contribution in [2.24, 2.45) is 7.05 Å². The number of aryl methyl sites for hydroxylation is 3. The van der Waals surface area contributed by atoms with Crippen LogP contribution in [0.15, 0.2) is 36.7 Å². The average molecular weight is 337 g/mol. The molecule has 1 fully saturated rings. The van der Waals surface area contributed by atoms with Crippen LogP contribution in [0.1, 0.15) is 36.8 Å². The lowest BCUT2D eigenvalue weighted by atomic mass is 10.2. The van der Waals surface area contributed by atoms with Crippen LogP contribution in [0.3, 0.4) is 0 Å². The van der Waals surface area contributed by atoms with Gasteiger partial charge in [0.15, 0.2) is 0 Å². The monoisotopic (exact) mass is 337 g/mol. The Kier molecular flexibility index (Phi) is 4.03. The molecule has 0 unspecified atom stereocenters. The lowest BCUT2D eigenvalue weighted by Gasteiger charge is -2.24. The van der Waals surface area contributed by atoms with Gasteiger partial charge < -0.3 is 9.47 Å². The molecule has 1 aliphatic heterocycles. The summed E-state index contributed by atoms with van der Waals surface area (Å²) in [5.41, 5.74) is 2.08. The van der Waals surface area contributed by atoms with Gasteiger partial charge >= 0.3 is 0 Å². The molecule has 1 aromatic carbocycles. The lowest BCUT2D eigenvalue weighted by molar-refractivity contribution is -0.132. The highest BCUT2D eigenvalue weighted by Crippen LogP contribution is 2.31. The third-order valence-corrected chi connectivity index (χ3v) is 4.99. The zero-order valence-corrected chi connectivity index (χ0v) is 14.7. The van der Waals surface area contributed by atoms with E-state index >= 15 is 0 Å². The zero-order chi connectivity index (χ0) is 17.4. The van der Waals surface area contributed by atoms with E-state index in [9.17, 15) is 4.79 Å². The van der Waals surface area contributed by atoms with E-state index in [-0.39, 0.29) is 11.9 Å². The molecular weight excluding hydrogens is 314 g/mol. The number of imidazole rings is 1. The van der Waals surface area contributed by atoms with E-state index in [4.69, 9.17) is 0 Å². The molecule has 3 heterocycles. The maximum absolute atomic E-state index is 12.8. The Morgan fingerprint density at radius 1 is 1.32 bits per heavy atom. The van der Waals surface area contributed by atoms with Crippen molar-refractivity contribution in [1.82, 2.24) is 24.2 Å². The van der Waals surface area contributed by atoms with Crippen molar-refractivity contribution in [3.8, 4) is 0 Å². The molecule has 1 atom stereocenters. The van der Waals surface area contributed by atoms with Gasteiger partial charge in [-0.1, -0.05) is 18.2 Å². The molecule has 3 aromatic rings. The van der Waals surface area contributed by atoms with Gasteiger partial charge in [-0.15, -0.1) is 0 Å². The molecule has 130 valence electrons. The van der Waals surface area contributed by atoms with E-state index in [0.717, 1.165) is 41.8 Å². The topological polar surface area (TPSA) is 56.0 Å². The number of carbonyl (C=O) groups is 1. The summed E-state index contributed by atoms with van der Waals surface area (Å²) < 4.78 is 3.97. The van der Waals surface area contributed by atoms with Crippen molar-refractivity contribution in [3.05, 3.63) is 48.2 Å². The first kappa shape index (κ1) is 15.9. The number of carbonyl (C=O) groups excluding carboxylic acids is 1. The van der Waals surface area contributed by atoms with Crippen LogP contribution in [0, 0.1) is 6.92 Å². The molecule has 1 aliphatic rings. The van der Waals surface area contributed by atoms with Crippen LogP contribution in [-0.4, -0.2) is 36.7 Å². The first-order valence-electron chi connectivity index (χ1n) is 8.83. The van der Waals surface area contributed by atoms with Crippen molar-refractivity contribution in [2.45, 2.75) is 38.8 Å². The Bertz CT molecular complexity index is 910. The van der Waals surface area contributed by atoms with E-state index in [1.165, 1.54) is 0 Å². The number of fused-ring (bicyclic) bond motifs is 1. The molecule has 1 saturated heterocycles. The highest BCUT2D eigenvalue weighted by molar-refractivity contribution is 5.79. The standard InChI is InChI=1S/C19H23N5O/c1-14-13-22(2)19(21-14)17-8-5-10-23(17)18(25)9-11-24-16-7-4-3-6-15(16)12-20-24/h3-4,6-7,12-13,17H,5,8-11H2,1-2H3/t17-/m0/s1. The number of para-hydroxylation sites is 1. The molecule has 0 radical (unpaired) electrons. The van der Waals surface area contributed by atoms with E-state index in [1.54, 1.807) is 0 Å². The Hall–Kier alpha value is -2.63. The van der Waals surface area contributed by atoms with Crippen LogP contribution >= 0.6 is 0 Å². The van der Waals surface area contributed by atoms with Gasteiger partial charge in [-0.2, -0.15) is 5.10 Å². The number of nitrogens with zero attached hydrogens (tertiary/aromatic N) is 5. The molecule has 0 aliphatic carbocycles. The molecular formula is C19H23N5O. The van der Waals surface area contributed by atoms with Crippen LogP contribution in [0.4, 0.5) is 0 Å². The van der Waals surface area contributed by atoms with E-state index in [2.05, 4.69) is 10.1 Å². The molecule has 2 aromatic heterocycles. The largest absolute Gasteiger partial charge is 0.336 e. The summed E-state index contributed by atoms with van der Waals surface area (Å²) >= 11 is 0. The van der Waals surface area contributed by atoms with E-state index in [1.807, 2.05) is 64.8 Å². The third-order valence-electron chi connectivity index (χ3n) is 4.99. The number of aromatic nitrogens is 4. The van der Waals surface area contributed by atoms with Crippen LogP contribution in [0.2, 0.25) is 0 Å². The quantitative estimate of drug-likeness (QED) is 0.735. The molecule has 1 amide bonds. The van der Waals surface area contributed by atoms with E-state index < -0.39 is 0 Å². The van der Waals surface area contributed by atoms with Crippen molar-refractivity contribution in [1.29, 1.82) is 0 Å². The van der Waals surface area contributed by atoms with Crippen molar-refractivity contribution < 1.29 is 4.79 Å². The van der Waals surface area contributed by atoms with Crippen LogP contribution < -0.4 is 0 Å². The van der Waals surface area contributed by atoms with E-state index in [0.29, 0.717) is 13.0 Å². The number of benzene rings is 1. The fraction of sp³-hybridized carbons (Fsp3) is 0.421. The number of amides is 1. The van der Waals surface area contributed by atoms with Gasteiger partial charge in [-0.25, -0.2) is 4.98 Å². The zero-order valence-electron chi connectivity index (χ0n) is 14.7. The maximum Gasteiger partial charge on any atom is 0.225 e. The fourth-order valence-electron chi connectivity index (χ4n) is 3.83. The average Bonchev–Trinajstić information content (AvgIpc) is 3.31. The van der Waals surface area contributed by atoms with Gasteiger partial charge in [-0.3, -0.25) is 9.48 Å². The second kappa shape index (κ2) is 6.35. The van der Waals surface area contributed by atoms with Crippen LogP contribution in [-0.2, 0) is 18.4 Å². The summed E-state index contributed by atoms with van der Waals surface area (Å²) in [5.74, 6) is 1.18.